The average Bonchev–Trinajstić information content (AvgIpc) is 2.01. The van der Waals surface area contributed by atoms with Gasteiger partial charge >= 0.3 is 0 Å². The van der Waals surface area contributed by atoms with E-state index in [1.165, 1.54) is 0 Å². The summed E-state index contributed by atoms with van der Waals surface area (Å²) in [4.78, 5) is 0. The second kappa shape index (κ2) is 4.65. The van der Waals surface area contributed by atoms with Gasteiger partial charge in [-0.1, -0.05) is 20.8 Å². The lowest BCUT2D eigenvalue weighted by atomic mass is 10.2. The van der Waals surface area contributed by atoms with Crippen LogP contribution in [0.15, 0.2) is 12.3 Å². The molecule has 14 heavy (non-hydrogen) atoms. The van der Waals surface area contributed by atoms with Crippen molar-refractivity contribution in [2.75, 3.05) is 0 Å². The molecule has 0 spiro atoms. The first-order valence-corrected chi connectivity index (χ1v) is 7.85. The van der Waals surface area contributed by atoms with Gasteiger partial charge in [-0.05, 0) is 31.1 Å². The first kappa shape index (κ1) is 13.2. The van der Waals surface area contributed by atoms with E-state index in [9.17, 15) is 0 Å². The second-order valence-corrected chi connectivity index (χ2v) is 9.88. The van der Waals surface area contributed by atoms with Crippen LogP contribution in [0.5, 0.6) is 0 Å². The first-order valence-electron chi connectivity index (χ1n) is 4.95. The molecule has 0 amide bonds. The Balaban J connectivity index is 4.28. The Hall–Kier alpha value is -0.753. The van der Waals surface area contributed by atoms with E-state index in [1.54, 1.807) is 12.3 Å². The van der Waals surface area contributed by atoms with Gasteiger partial charge in [-0.2, -0.15) is 5.26 Å². The van der Waals surface area contributed by atoms with E-state index in [4.69, 9.17) is 9.69 Å². The largest absolute Gasteiger partial charge is 0.549 e. The van der Waals surface area contributed by atoms with Gasteiger partial charge in [0.15, 0.2) is 0 Å². The molecule has 0 rings (SSSR count). The minimum absolute atomic E-state index is 0.0697. The molecule has 0 aromatic rings. The summed E-state index contributed by atoms with van der Waals surface area (Å²) in [5, 5.41) is 8.79. The summed E-state index contributed by atoms with van der Waals surface area (Å²) in [5.41, 5.74) is 0. The predicted molar refractivity (Wildman–Crippen MR) is 62.2 cm³/mol. The monoisotopic (exact) mass is 211 g/mol. The van der Waals surface area contributed by atoms with Crippen molar-refractivity contribution in [2.24, 2.45) is 5.92 Å². The van der Waals surface area contributed by atoms with Crippen LogP contribution in [0.3, 0.4) is 0 Å². The highest BCUT2D eigenvalue weighted by atomic mass is 28.4. The lowest BCUT2D eigenvalue weighted by molar-refractivity contribution is 0.427. The fraction of sp³-hybridized carbons (Fsp3) is 0.727. The molecule has 0 aliphatic rings. The highest BCUT2D eigenvalue weighted by Gasteiger charge is 2.37. The summed E-state index contributed by atoms with van der Waals surface area (Å²) >= 11 is 0. The Bertz CT molecular complexity index is 245. The molecule has 1 unspecified atom stereocenters. The van der Waals surface area contributed by atoms with Crippen LogP contribution in [-0.4, -0.2) is 8.32 Å². The highest BCUT2D eigenvalue weighted by Crippen LogP contribution is 2.36. The molecule has 0 heterocycles. The lowest BCUT2D eigenvalue weighted by Crippen LogP contribution is -2.39. The molecule has 2 nitrogen and oxygen atoms in total. The molecular formula is C11H21NOSi. The molecule has 0 aliphatic carbocycles. The zero-order valence-electron chi connectivity index (χ0n) is 10.1. The van der Waals surface area contributed by atoms with Gasteiger partial charge in [0.1, 0.15) is 0 Å². The molecular weight excluding hydrogens is 190 g/mol. The molecule has 0 N–H and O–H groups in total. The second-order valence-electron chi connectivity index (χ2n) is 5.12. The zero-order valence-corrected chi connectivity index (χ0v) is 11.1. The number of hydrogen-bond donors (Lipinski definition) is 0. The van der Waals surface area contributed by atoms with Gasteiger partial charge in [0.05, 0.1) is 18.2 Å². The average molecular weight is 211 g/mol. The summed E-state index contributed by atoms with van der Waals surface area (Å²) < 4.78 is 5.77. The minimum Gasteiger partial charge on any atom is -0.549 e. The molecule has 0 fully saturated rings. The summed E-state index contributed by atoms with van der Waals surface area (Å²) in [6.07, 6.45) is 3.51. The van der Waals surface area contributed by atoms with E-state index in [1.807, 2.05) is 6.92 Å². The van der Waals surface area contributed by atoms with Crippen LogP contribution in [0, 0.1) is 17.2 Å². The molecule has 1 atom stereocenters. The number of rotatable bonds is 3. The van der Waals surface area contributed by atoms with E-state index in [0.717, 1.165) is 0 Å². The van der Waals surface area contributed by atoms with Crippen LogP contribution in [0.25, 0.3) is 0 Å². The molecule has 0 saturated carbocycles. The van der Waals surface area contributed by atoms with Crippen LogP contribution in [0.4, 0.5) is 0 Å². The molecule has 0 aliphatic heterocycles. The Morgan fingerprint density at radius 3 is 2.21 bits per heavy atom. The zero-order chi connectivity index (χ0) is 11.4. The fourth-order valence-corrected chi connectivity index (χ4v) is 1.32. The molecule has 0 bridgehead atoms. The van der Waals surface area contributed by atoms with Crippen LogP contribution >= 0.6 is 0 Å². The van der Waals surface area contributed by atoms with Crippen molar-refractivity contribution >= 4 is 8.32 Å². The van der Waals surface area contributed by atoms with Gasteiger partial charge in [0, 0.05) is 0 Å². The van der Waals surface area contributed by atoms with Gasteiger partial charge in [-0.25, -0.2) is 0 Å². The third-order valence-corrected chi connectivity index (χ3v) is 7.08. The molecule has 0 saturated heterocycles. The SMILES string of the molecule is CC(C#N)/C=C/O[Si](C)(C)C(C)(C)C. The van der Waals surface area contributed by atoms with Gasteiger partial charge < -0.3 is 4.43 Å². The standard InChI is InChI=1S/C11H21NOSi/c1-10(9-12)7-8-13-14(5,6)11(2,3)4/h7-8,10H,1-6H3/b8-7+. The molecule has 0 radical (unpaired) electrons. The summed E-state index contributed by atoms with van der Waals surface area (Å²) in [6.45, 7) is 12.8. The Labute approximate surface area is 88.7 Å². The van der Waals surface area contributed by atoms with Crippen LogP contribution in [0.2, 0.25) is 18.1 Å². The third-order valence-electron chi connectivity index (χ3n) is 2.74. The normalized spacial score (nSPS) is 15.2. The van der Waals surface area contributed by atoms with Crippen LogP contribution in [-0.2, 0) is 4.43 Å². The van der Waals surface area contributed by atoms with E-state index >= 15 is 0 Å². The van der Waals surface area contributed by atoms with Crippen molar-refractivity contribution in [3.05, 3.63) is 12.3 Å². The van der Waals surface area contributed by atoms with Gasteiger partial charge in [-0.15, -0.1) is 0 Å². The summed E-state index contributed by atoms with van der Waals surface area (Å²) in [5.74, 6) is -0.0697. The van der Waals surface area contributed by atoms with Crippen molar-refractivity contribution in [1.82, 2.24) is 0 Å². The molecule has 3 heteroatoms. The molecule has 0 aromatic carbocycles. The number of allylic oxidation sites excluding steroid dienone is 1. The van der Waals surface area contributed by atoms with Crippen molar-refractivity contribution in [3.63, 3.8) is 0 Å². The van der Waals surface area contributed by atoms with E-state index in [2.05, 4.69) is 39.9 Å². The minimum atomic E-state index is -1.68. The van der Waals surface area contributed by atoms with E-state index in [0.29, 0.717) is 0 Å². The lowest BCUT2D eigenvalue weighted by Gasteiger charge is -2.35. The van der Waals surface area contributed by atoms with E-state index in [-0.39, 0.29) is 11.0 Å². The maximum atomic E-state index is 8.58. The Morgan fingerprint density at radius 1 is 1.36 bits per heavy atom. The van der Waals surface area contributed by atoms with Crippen molar-refractivity contribution in [2.45, 2.75) is 45.8 Å². The maximum absolute atomic E-state index is 8.58. The topological polar surface area (TPSA) is 33.0 Å². The van der Waals surface area contributed by atoms with Crippen molar-refractivity contribution in [3.8, 4) is 6.07 Å². The summed E-state index contributed by atoms with van der Waals surface area (Å²) in [6, 6.07) is 2.14. The number of nitrogens with zero attached hydrogens (tertiary/aromatic N) is 1. The van der Waals surface area contributed by atoms with Gasteiger partial charge in [0.2, 0.25) is 8.32 Å². The summed E-state index contributed by atoms with van der Waals surface area (Å²) in [7, 11) is -1.68. The van der Waals surface area contributed by atoms with Gasteiger partial charge in [0.25, 0.3) is 0 Å². The quantitative estimate of drug-likeness (QED) is 0.527. The molecule has 0 aromatic heterocycles. The van der Waals surface area contributed by atoms with E-state index < -0.39 is 8.32 Å². The predicted octanol–water partition coefficient (Wildman–Crippen LogP) is 3.68. The Morgan fingerprint density at radius 2 is 1.86 bits per heavy atom. The van der Waals surface area contributed by atoms with Crippen LogP contribution < -0.4 is 0 Å². The number of hydrogen-bond acceptors (Lipinski definition) is 2. The van der Waals surface area contributed by atoms with Crippen molar-refractivity contribution < 1.29 is 4.43 Å². The fourth-order valence-electron chi connectivity index (χ4n) is 0.547. The van der Waals surface area contributed by atoms with Crippen molar-refractivity contribution in [1.29, 1.82) is 5.26 Å². The highest BCUT2D eigenvalue weighted by molar-refractivity contribution is 6.74. The molecule has 80 valence electrons. The Kier molecular flexibility index (Phi) is 4.40. The smallest absolute Gasteiger partial charge is 0.249 e. The van der Waals surface area contributed by atoms with Crippen LogP contribution in [0.1, 0.15) is 27.7 Å². The third kappa shape index (κ3) is 3.97. The van der Waals surface area contributed by atoms with Gasteiger partial charge in [-0.3, -0.25) is 0 Å². The first-order chi connectivity index (χ1) is 6.20. The maximum Gasteiger partial charge on any atom is 0.249 e. The number of nitriles is 1.